The second-order valence-corrected chi connectivity index (χ2v) is 3.90. The summed E-state index contributed by atoms with van der Waals surface area (Å²) in [5.41, 5.74) is 4.38. The van der Waals surface area contributed by atoms with Crippen LogP contribution in [0.4, 0.5) is 0 Å². The average molecular weight is 256 g/mol. The molecule has 8 nitrogen and oxygen atoms in total. The van der Waals surface area contributed by atoms with E-state index >= 15 is 0 Å². The minimum absolute atomic E-state index is 0.0889. The van der Waals surface area contributed by atoms with Gasteiger partial charge in [-0.25, -0.2) is 0 Å². The van der Waals surface area contributed by atoms with Gasteiger partial charge in [0.25, 0.3) is 11.8 Å². The van der Waals surface area contributed by atoms with Crippen molar-refractivity contribution in [2.24, 2.45) is 5.92 Å². The molecule has 1 heterocycles. The smallest absolute Gasteiger partial charge is 0.251 e. The van der Waals surface area contributed by atoms with E-state index in [0.29, 0.717) is 13.1 Å². The molecule has 1 rings (SSSR count). The molecular formula is C10H16N4O4. The van der Waals surface area contributed by atoms with E-state index in [1.165, 1.54) is 6.92 Å². The Morgan fingerprint density at radius 3 is 2.22 bits per heavy atom. The molecule has 0 radical (unpaired) electrons. The van der Waals surface area contributed by atoms with Crippen LogP contribution in [0, 0.1) is 5.92 Å². The normalized spacial score (nSPS) is 14.9. The van der Waals surface area contributed by atoms with E-state index in [4.69, 9.17) is 0 Å². The van der Waals surface area contributed by atoms with Gasteiger partial charge in [-0.05, 0) is 6.42 Å². The molecule has 4 N–H and O–H groups in total. The van der Waals surface area contributed by atoms with E-state index in [1.807, 2.05) is 0 Å². The number of rotatable bonds is 6. The molecule has 0 aromatic heterocycles. The second-order valence-electron chi connectivity index (χ2n) is 3.90. The Morgan fingerprint density at radius 1 is 1.11 bits per heavy atom. The summed E-state index contributed by atoms with van der Waals surface area (Å²) in [7, 11) is 0. The highest BCUT2D eigenvalue weighted by Gasteiger charge is 2.32. The molecule has 4 amide bonds. The zero-order chi connectivity index (χ0) is 13.5. The van der Waals surface area contributed by atoms with Crippen LogP contribution in [-0.4, -0.2) is 36.7 Å². The van der Waals surface area contributed by atoms with Gasteiger partial charge in [0.05, 0.1) is 0 Å². The van der Waals surface area contributed by atoms with E-state index in [2.05, 4.69) is 21.5 Å². The zero-order valence-corrected chi connectivity index (χ0v) is 10.0. The SMILES string of the molecule is CC(=O)NCCNC(=O)CCC1C(=O)NNC1=O. The van der Waals surface area contributed by atoms with Gasteiger partial charge in [-0.15, -0.1) is 0 Å². The number of carbonyl (C=O) groups is 4. The third-order valence-corrected chi connectivity index (χ3v) is 2.42. The fraction of sp³-hybridized carbons (Fsp3) is 0.600. The molecule has 1 aliphatic rings. The molecule has 8 heteroatoms. The van der Waals surface area contributed by atoms with Gasteiger partial charge in [-0.2, -0.15) is 0 Å². The van der Waals surface area contributed by atoms with Crippen molar-refractivity contribution >= 4 is 23.6 Å². The van der Waals surface area contributed by atoms with Gasteiger partial charge in [-0.1, -0.05) is 0 Å². The number of carbonyl (C=O) groups excluding carboxylic acids is 4. The van der Waals surface area contributed by atoms with Crippen molar-refractivity contribution < 1.29 is 19.2 Å². The van der Waals surface area contributed by atoms with Crippen LogP contribution in [0.25, 0.3) is 0 Å². The largest absolute Gasteiger partial charge is 0.355 e. The van der Waals surface area contributed by atoms with Gasteiger partial charge in [0.2, 0.25) is 11.8 Å². The van der Waals surface area contributed by atoms with Crippen molar-refractivity contribution in [2.75, 3.05) is 13.1 Å². The maximum absolute atomic E-state index is 11.4. The Kier molecular flexibility index (Phi) is 5.09. The summed E-state index contributed by atoms with van der Waals surface area (Å²) in [6.45, 7) is 2.06. The maximum Gasteiger partial charge on any atom is 0.251 e. The maximum atomic E-state index is 11.4. The van der Waals surface area contributed by atoms with Gasteiger partial charge < -0.3 is 10.6 Å². The zero-order valence-electron chi connectivity index (χ0n) is 10.0. The number of nitrogens with one attached hydrogen (secondary N) is 4. The Hall–Kier alpha value is -2.12. The number of hydrogen-bond donors (Lipinski definition) is 4. The van der Waals surface area contributed by atoms with E-state index in [0.717, 1.165) is 0 Å². The number of amides is 4. The Bertz CT molecular complexity index is 353. The van der Waals surface area contributed by atoms with Crippen LogP contribution in [-0.2, 0) is 19.2 Å². The summed E-state index contributed by atoms with van der Waals surface area (Å²) in [4.78, 5) is 44.2. The summed E-state index contributed by atoms with van der Waals surface area (Å²) >= 11 is 0. The minimum Gasteiger partial charge on any atom is -0.355 e. The average Bonchev–Trinajstić information content (AvgIpc) is 2.62. The molecule has 0 aromatic rings. The highest BCUT2D eigenvalue weighted by Crippen LogP contribution is 2.09. The summed E-state index contributed by atoms with van der Waals surface area (Å²) in [5, 5.41) is 5.10. The van der Waals surface area contributed by atoms with Crippen molar-refractivity contribution in [3.63, 3.8) is 0 Å². The molecule has 18 heavy (non-hydrogen) atoms. The summed E-state index contributed by atoms with van der Waals surface area (Å²) in [6, 6.07) is 0. The molecule has 0 aromatic carbocycles. The second kappa shape index (κ2) is 6.58. The van der Waals surface area contributed by atoms with Gasteiger partial charge in [-0.3, -0.25) is 30.0 Å². The molecule has 0 bridgehead atoms. The first kappa shape index (κ1) is 13.9. The van der Waals surface area contributed by atoms with Gasteiger partial charge in [0, 0.05) is 26.4 Å². The van der Waals surface area contributed by atoms with Gasteiger partial charge in [0.15, 0.2) is 0 Å². The lowest BCUT2D eigenvalue weighted by molar-refractivity contribution is -0.128. The molecule has 0 atom stereocenters. The molecule has 1 aliphatic heterocycles. The van der Waals surface area contributed by atoms with Crippen LogP contribution in [0.15, 0.2) is 0 Å². The fourth-order valence-corrected chi connectivity index (χ4v) is 1.48. The topological polar surface area (TPSA) is 116 Å². The molecular weight excluding hydrogens is 240 g/mol. The number of hydrazine groups is 1. The van der Waals surface area contributed by atoms with Crippen LogP contribution in [0.3, 0.4) is 0 Å². The van der Waals surface area contributed by atoms with Crippen molar-refractivity contribution in [1.82, 2.24) is 21.5 Å². The summed E-state index contributed by atoms with van der Waals surface area (Å²) in [6.07, 6.45) is 0.259. The first-order chi connectivity index (χ1) is 8.50. The Morgan fingerprint density at radius 2 is 1.67 bits per heavy atom. The standard InChI is InChI=1S/C10H16N4O4/c1-6(15)11-4-5-12-8(16)3-2-7-9(17)13-14-10(7)18/h7H,2-5H2,1H3,(H,11,15)(H,12,16)(H,13,17)(H,14,18). The summed E-state index contributed by atoms with van der Waals surface area (Å²) in [5.74, 6) is -2.04. The van der Waals surface area contributed by atoms with Crippen molar-refractivity contribution in [1.29, 1.82) is 0 Å². The summed E-state index contributed by atoms with van der Waals surface area (Å²) < 4.78 is 0. The third-order valence-electron chi connectivity index (χ3n) is 2.42. The van der Waals surface area contributed by atoms with E-state index < -0.39 is 17.7 Å². The molecule has 0 saturated carbocycles. The van der Waals surface area contributed by atoms with Crippen LogP contribution >= 0.6 is 0 Å². The quantitative estimate of drug-likeness (QED) is 0.318. The van der Waals surface area contributed by atoms with Crippen LogP contribution in [0.1, 0.15) is 19.8 Å². The van der Waals surface area contributed by atoms with Gasteiger partial charge >= 0.3 is 0 Å². The molecule has 0 spiro atoms. The molecule has 1 fully saturated rings. The molecule has 100 valence electrons. The van der Waals surface area contributed by atoms with Crippen molar-refractivity contribution in [3.8, 4) is 0 Å². The molecule has 1 saturated heterocycles. The fourth-order valence-electron chi connectivity index (χ4n) is 1.48. The van der Waals surface area contributed by atoms with Crippen molar-refractivity contribution in [2.45, 2.75) is 19.8 Å². The number of hydrogen-bond acceptors (Lipinski definition) is 4. The highest BCUT2D eigenvalue weighted by molar-refractivity contribution is 6.05. The lowest BCUT2D eigenvalue weighted by Gasteiger charge is -2.06. The lowest BCUT2D eigenvalue weighted by atomic mass is 10.0. The van der Waals surface area contributed by atoms with Gasteiger partial charge in [0.1, 0.15) is 5.92 Å². The Balaban J connectivity index is 2.15. The van der Waals surface area contributed by atoms with Crippen molar-refractivity contribution in [3.05, 3.63) is 0 Å². The van der Waals surface area contributed by atoms with E-state index in [-0.39, 0.29) is 24.7 Å². The minimum atomic E-state index is -0.800. The lowest BCUT2D eigenvalue weighted by Crippen LogP contribution is -2.34. The molecule has 0 unspecified atom stereocenters. The van der Waals surface area contributed by atoms with Crippen LogP contribution in [0.5, 0.6) is 0 Å². The monoisotopic (exact) mass is 256 g/mol. The third kappa shape index (κ3) is 4.40. The predicted octanol–water partition coefficient (Wildman–Crippen LogP) is -2.20. The first-order valence-electron chi connectivity index (χ1n) is 5.61. The highest BCUT2D eigenvalue weighted by atomic mass is 16.2. The van der Waals surface area contributed by atoms with Crippen LogP contribution < -0.4 is 21.5 Å². The Labute approximate surface area is 104 Å². The molecule has 0 aliphatic carbocycles. The van der Waals surface area contributed by atoms with Crippen LogP contribution in [0.2, 0.25) is 0 Å². The first-order valence-corrected chi connectivity index (χ1v) is 5.61. The van der Waals surface area contributed by atoms with E-state index in [9.17, 15) is 19.2 Å². The predicted molar refractivity (Wildman–Crippen MR) is 60.7 cm³/mol. The van der Waals surface area contributed by atoms with E-state index in [1.54, 1.807) is 0 Å².